The van der Waals surface area contributed by atoms with E-state index in [0.29, 0.717) is 18.6 Å². The second kappa shape index (κ2) is 4.05. The predicted molar refractivity (Wildman–Crippen MR) is 52.6 cm³/mol. The summed E-state index contributed by atoms with van der Waals surface area (Å²) in [7, 11) is 0. The lowest BCUT2D eigenvalue weighted by Gasteiger charge is -2.25. The van der Waals surface area contributed by atoms with Gasteiger partial charge in [-0.25, -0.2) is 0 Å². The van der Waals surface area contributed by atoms with Gasteiger partial charge in [-0.2, -0.15) is 0 Å². The summed E-state index contributed by atoms with van der Waals surface area (Å²) in [6.45, 7) is 7.78. The quantitative estimate of drug-likeness (QED) is 0.628. The fourth-order valence-corrected chi connectivity index (χ4v) is 2.41. The molecule has 14 heavy (non-hydrogen) atoms. The van der Waals surface area contributed by atoms with Gasteiger partial charge in [-0.05, 0) is 6.42 Å². The molecular formula is C11H16O3. The van der Waals surface area contributed by atoms with Gasteiger partial charge in [0.15, 0.2) is 0 Å². The van der Waals surface area contributed by atoms with E-state index in [-0.39, 0.29) is 12.2 Å². The van der Waals surface area contributed by atoms with Crippen molar-refractivity contribution in [1.82, 2.24) is 0 Å². The van der Waals surface area contributed by atoms with E-state index < -0.39 is 0 Å². The van der Waals surface area contributed by atoms with Crippen LogP contribution in [0.3, 0.4) is 0 Å². The van der Waals surface area contributed by atoms with Gasteiger partial charge in [-0.15, -0.1) is 0 Å². The monoisotopic (exact) mass is 196 g/mol. The molecule has 2 heterocycles. The number of ether oxygens (including phenoxy) is 3. The van der Waals surface area contributed by atoms with Gasteiger partial charge in [0, 0.05) is 12.3 Å². The summed E-state index contributed by atoms with van der Waals surface area (Å²) >= 11 is 0. The van der Waals surface area contributed by atoms with E-state index >= 15 is 0 Å². The molecule has 0 amide bonds. The fraction of sp³-hybridized carbons (Fsp3) is 0.636. The molecule has 2 rings (SSSR count). The highest BCUT2D eigenvalue weighted by atomic mass is 16.6. The number of hydrogen-bond donors (Lipinski definition) is 0. The van der Waals surface area contributed by atoms with Gasteiger partial charge in [-0.3, -0.25) is 0 Å². The maximum absolute atomic E-state index is 5.76. The van der Waals surface area contributed by atoms with Gasteiger partial charge < -0.3 is 14.2 Å². The van der Waals surface area contributed by atoms with E-state index in [2.05, 4.69) is 13.2 Å². The lowest BCUT2D eigenvalue weighted by Crippen LogP contribution is -2.33. The summed E-state index contributed by atoms with van der Waals surface area (Å²) in [6, 6.07) is 0. The normalized spacial score (nSPS) is 39.4. The molecule has 0 aromatic carbocycles. The van der Waals surface area contributed by atoms with Crippen LogP contribution in [0.5, 0.6) is 0 Å². The smallest absolute Gasteiger partial charge is 0.127 e. The van der Waals surface area contributed by atoms with E-state index in [1.165, 1.54) is 12.5 Å². The summed E-state index contributed by atoms with van der Waals surface area (Å²) in [4.78, 5) is 0. The standard InChI is InChI=1S/C11H16O3/c1-3-12-7-8-5-9-6-10(13-4-2)11(8)14-9/h3-4,8-11H,1-2,5-7H2. The topological polar surface area (TPSA) is 27.7 Å². The van der Waals surface area contributed by atoms with Crippen LogP contribution >= 0.6 is 0 Å². The zero-order chi connectivity index (χ0) is 9.97. The minimum Gasteiger partial charge on any atom is -0.501 e. The molecule has 2 aliphatic heterocycles. The first-order chi connectivity index (χ1) is 6.85. The second-order valence-electron chi connectivity index (χ2n) is 3.80. The van der Waals surface area contributed by atoms with Crippen molar-refractivity contribution in [2.75, 3.05) is 6.61 Å². The SMILES string of the molecule is C=COCC1CC2CC(OC=C)C1O2. The summed E-state index contributed by atoms with van der Waals surface area (Å²) < 4.78 is 16.4. The molecule has 0 radical (unpaired) electrons. The van der Waals surface area contributed by atoms with E-state index in [0.717, 1.165) is 12.8 Å². The van der Waals surface area contributed by atoms with Crippen molar-refractivity contribution in [2.45, 2.75) is 31.2 Å². The molecule has 0 spiro atoms. The maximum atomic E-state index is 5.76. The van der Waals surface area contributed by atoms with Crippen molar-refractivity contribution in [3.05, 3.63) is 25.7 Å². The van der Waals surface area contributed by atoms with Crippen LogP contribution in [0.15, 0.2) is 25.7 Å². The Bertz CT molecular complexity index is 225. The minimum absolute atomic E-state index is 0.171. The molecule has 2 bridgehead atoms. The summed E-state index contributed by atoms with van der Waals surface area (Å²) in [5.41, 5.74) is 0. The summed E-state index contributed by atoms with van der Waals surface area (Å²) in [6.07, 6.45) is 5.75. The molecule has 2 fully saturated rings. The molecule has 4 atom stereocenters. The molecule has 3 heteroatoms. The minimum atomic E-state index is 0.171. The molecule has 0 aromatic heterocycles. The summed E-state index contributed by atoms with van der Waals surface area (Å²) in [5, 5.41) is 0. The molecule has 4 unspecified atom stereocenters. The van der Waals surface area contributed by atoms with E-state index in [1.54, 1.807) is 0 Å². The highest BCUT2D eigenvalue weighted by molar-refractivity contribution is 4.97. The Morgan fingerprint density at radius 1 is 1.29 bits per heavy atom. The third-order valence-electron chi connectivity index (χ3n) is 2.94. The fourth-order valence-electron chi connectivity index (χ4n) is 2.41. The third-order valence-corrected chi connectivity index (χ3v) is 2.94. The number of rotatable bonds is 5. The molecule has 0 N–H and O–H groups in total. The molecule has 0 aliphatic carbocycles. The predicted octanol–water partition coefficient (Wildman–Crippen LogP) is 1.85. The van der Waals surface area contributed by atoms with Crippen LogP contribution in [-0.4, -0.2) is 24.9 Å². The van der Waals surface area contributed by atoms with Crippen LogP contribution in [0.1, 0.15) is 12.8 Å². The maximum Gasteiger partial charge on any atom is 0.127 e. The van der Waals surface area contributed by atoms with Gasteiger partial charge in [0.1, 0.15) is 12.2 Å². The van der Waals surface area contributed by atoms with Gasteiger partial charge in [0.05, 0.1) is 25.2 Å². The number of hydrogen-bond acceptors (Lipinski definition) is 3. The Balaban J connectivity index is 1.90. The van der Waals surface area contributed by atoms with Crippen LogP contribution < -0.4 is 0 Å². The Labute approximate surface area is 84.3 Å². The van der Waals surface area contributed by atoms with Crippen molar-refractivity contribution in [3.63, 3.8) is 0 Å². The highest BCUT2D eigenvalue weighted by Crippen LogP contribution is 2.40. The van der Waals surface area contributed by atoms with Crippen LogP contribution in [0, 0.1) is 5.92 Å². The first kappa shape index (κ1) is 9.59. The highest BCUT2D eigenvalue weighted by Gasteiger charge is 2.48. The summed E-state index contributed by atoms with van der Waals surface area (Å²) in [5.74, 6) is 0.441. The Morgan fingerprint density at radius 3 is 2.79 bits per heavy atom. The lowest BCUT2D eigenvalue weighted by atomic mass is 9.88. The van der Waals surface area contributed by atoms with E-state index in [9.17, 15) is 0 Å². The largest absolute Gasteiger partial charge is 0.501 e. The lowest BCUT2D eigenvalue weighted by molar-refractivity contribution is 0.00949. The average molecular weight is 196 g/mol. The number of fused-ring (bicyclic) bond motifs is 2. The van der Waals surface area contributed by atoms with Crippen LogP contribution in [0.2, 0.25) is 0 Å². The Morgan fingerprint density at radius 2 is 2.14 bits per heavy atom. The van der Waals surface area contributed by atoms with Gasteiger partial charge in [0.2, 0.25) is 0 Å². The van der Waals surface area contributed by atoms with Gasteiger partial charge in [-0.1, -0.05) is 13.2 Å². The zero-order valence-corrected chi connectivity index (χ0v) is 8.22. The zero-order valence-electron chi connectivity index (χ0n) is 8.22. The Kier molecular flexibility index (Phi) is 2.77. The first-order valence-corrected chi connectivity index (χ1v) is 4.99. The average Bonchev–Trinajstić information content (AvgIpc) is 2.74. The van der Waals surface area contributed by atoms with Crippen molar-refractivity contribution < 1.29 is 14.2 Å². The molecule has 0 saturated carbocycles. The van der Waals surface area contributed by atoms with Crippen LogP contribution in [-0.2, 0) is 14.2 Å². The second-order valence-corrected chi connectivity index (χ2v) is 3.80. The first-order valence-electron chi connectivity index (χ1n) is 4.99. The molecule has 0 aromatic rings. The van der Waals surface area contributed by atoms with Gasteiger partial charge in [0.25, 0.3) is 0 Å². The molecule has 3 nitrogen and oxygen atoms in total. The Hall–Kier alpha value is -0.960. The van der Waals surface area contributed by atoms with Crippen molar-refractivity contribution in [3.8, 4) is 0 Å². The molecule has 2 aliphatic rings. The van der Waals surface area contributed by atoms with E-state index in [1.807, 2.05) is 0 Å². The molecular weight excluding hydrogens is 180 g/mol. The van der Waals surface area contributed by atoms with Gasteiger partial charge >= 0.3 is 0 Å². The van der Waals surface area contributed by atoms with E-state index in [4.69, 9.17) is 14.2 Å². The van der Waals surface area contributed by atoms with Crippen molar-refractivity contribution in [1.29, 1.82) is 0 Å². The van der Waals surface area contributed by atoms with Crippen LogP contribution in [0.25, 0.3) is 0 Å². The van der Waals surface area contributed by atoms with Crippen molar-refractivity contribution >= 4 is 0 Å². The van der Waals surface area contributed by atoms with Crippen molar-refractivity contribution in [2.24, 2.45) is 5.92 Å². The third kappa shape index (κ3) is 1.64. The molecule has 78 valence electrons. The van der Waals surface area contributed by atoms with Crippen LogP contribution in [0.4, 0.5) is 0 Å². The molecule has 2 saturated heterocycles.